The molecule has 1 aliphatic carbocycles. The smallest absolute Gasteiger partial charge is 0.0992 e. The van der Waals surface area contributed by atoms with Crippen molar-refractivity contribution in [2.75, 3.05) is 5.32 Å². The average molecular weight is 263 g/mol. The van der Waals surface area contributed by atoms with E-state index >= 15 is 0 Å². The fourth-order valence-electron chi connectivity index (χ4n) is 2.70. The SMILES string of the molecule is CC(Nc1ccc(C#N)cc1Cl)C1CCCCC1. The highest BCUT2D eigenvalue weighted by atomic mass is 35.5. The van der Waals surface area contributed by atoms with Gasteiger partial charge in [0.25, 0.3) is 0 Å². The van der Waals surface area contributed by atoms with Gasteiger partial charge in [0.05, 0.1) is 22.3 Å². The number of rotatable bonds is 3. The molecule has 0 saturated heterocycles. The van der Waals surface area contributed by atoms with Gasteiger partial charge in [-0.2, -0.15) is 5.26 Å². The van der Waals surface area contributed by atoms with E-state index in [9.17, 15) is 0 Å². The summed E-state index contributed by atoms with van der Waals surface area (Å²) in [6, 6.07) is 7.97. The molecule has 1 aromatic carbocycles. The number of halogens is 1. The second-order valence-electron chi connectivity index (χ2n) is 5.14. The standard InChI is InChI=1S/C15H19ClN2/c1-11(13-5-3-2-4-6-13)18-15-8-7-12(10-17)9-14(15)16/h7-9,11,13,18H,2-6H2,1H3. The summed E-state index contributed by atoms with van der Waals surface area (Å²) in [7, 11) is 0. The highest BCUT2D eigenvalue weighted by molar-refractivity contribution is 6.33. The van der Waals surface area contributed by atoms with Crippen LogP contribution in [0.1, 0.15) is 44.6 Å². The molecule has 2 rings (SSSR count). The van der Waals surface area contributed by atoms with E-state index in [2.05, 4.69) is 18.3 Å². The molecule has 1 N–H and O–H groups in total. The van der Waals surface area contributed by atoms with Crippen LogP contribution in [0.2, 0.25) is 5.02 Å². The highest BCUT2D eigenvalue weighted by Gasteiger charge is 2.20. The number of hydrogen-bond donors (Lipinski definition) is 1. The molecule has 0 bridgehead atoms. The molecule has 18 heavy (non-hydrogen) atoms. The van der Waals surface area contributed by atoms with Crippen LogP contribution in [0.3, 0.4) is 0 Å². The van der Waals surface area contributed by atoms with Crippen LogP contribution in [0.4, 0.5) is 5.69 Å². The Labute approximate surface area is 114 Å². The molecule has 3 heteroatoms. The highest BCUT2D eigenvalue weighted by Crippen LogP contribution is 2.30. The van der Waals surface area contributed by atoms with E-state index in [4.69, 9.17) is 16.9 Å². The molecule has 0 spiro atoms. The Morgan fingerprint density at radius 1 is 1.33 bits per heavy atom. The second-order valence-corrected chi connectivity index (χ2v) is 5.54. The molecular formula is C15H19ClN2. The van der Waals surface area contributed by atoms with E-state index in [1.165, 1.54) is 32.1 Å². The van der Waals surface area contributed by atoms with Crippen molar-refractivity contribution in [3.05, 3.63) is 28.8 Å². The van der Waals surface area contributed by atoms with Crippen molar-refractivity contribution in [2.45, 2.75) is 45.1 Å². The predicted molar refractivity (Wildman–Crippen MR) is 75.8 cm³/mol. The van der Waals surface area contributed by atoms with Crippen LogP contribution in [-0.4, -0.2) is 6.04 Å². The lowest BCUT2D eigenvalue weighted by Gasteiger charge is -2.29. The molecule has 1 aliphatic rings. The number of nitrogens with zero attached hydrogens (tertiary/aromatic N) is 1. The summed E-state index contributed by atoms with van der Waals surface area (Å²) in [4.78, 5) is 0. The minimum Gasteiger partial charge on any atom is -0.381 e. The van der Waals surface area contributed by atoms with Crippen LogP contribution < -0.4 is 5.32 Å². The maximum absolute atomic E-state index is 8.81. The van der Waals surface area contributed by atoms with Gasteiger partial charge in [-0.25, -0.2) is 0 Å². The normalized spacial score (nSPS) is 18.1. The zero-order valence-electron chi connectivity index (χ0n) is 10.7. The van der Waals surface area contributed by atoms with Gasteiger partial charge in [-0.1, -0.05) is 30.9 Å². The Hall–Kier alpha value is -1.20. The van der Waals surface area contributed by atoms with Crippen LogP contribution >= 0.6 is 11.6 Å². The molecule has 1 saturated carbocycles. The average Bonchev–Trinajstić information content (AvgIpc) is 2.42. The van der Waals surface area contributed by atoms with E-state index in [1.54, 1.807) is 6.07 Å². The summed E-state index contributed by atoms with van der Waals surface area (Å²) in [6.07, 6.45) is 6.68. The van der Waals surface area contributed by atoms with Crippen molar-refractivity contribution >= 4 is 17.3 Å². The number of anilines is 1. The Bertz CT molecular complexity index is 444. The van der Waals surface area contributed by atoms with Gasteiger partial charge in [0.1, 0.15) is 0 Å². The van der Waals surface area contributed by atoms with Crippen LogP contribution in [0.5, 0.6) is 0 Å². The third-order valence-electron chi connectivity index (χ3n) is 3.84. The quantitative estimate of drug-likeness (QED) is 0.865. The largest absolute Gasteiger partial charge is 0.381 e. The Kier molecular flexibility index (Phi) is 4.49. The molecule has 1 unspecified atom stereocenters. The number of hydrogen-bond acceptors (Lipinski definition) is 2. The summed E-state index contributed by atoms with van der Waals surface area (Å²) in [5.74, 6) is 0.741. The first-order chi connectivity index (χ1) is 8.70. The molecule has 0 amide bonds. The molecule has 1 atom stereocenters. The van der Waals surface area contributed by atoms with Gasteiger partial charge in [0.15, 0.2) is 0 Å². The molecule has 0 heterocycles. The zero-order valence-corrected chi connectivity index (χ0v) is 11.5. The van der Waals surface area contributed by atoms with E-state index in [0.29, 0.717) is 16.6 Å². The Balaban J connectivity index is 2.02. The van der Waals surface area contributed by atoms with Gasteiger partial charge >= 0.3 is 0 Å². The number of nitrogens with one attached hydrogen (secondary N) is 1. The lowest BCUT2D eigenvalue weighted by molar-refractivity contribution is 0.328. The van der Waals surface area contributed by atoms with Crippen LogP contribution in [-0.2, 0) is 0 Å². The van der Waals surface area contributed by atoms with Gasteiger partial charge in [0.2, 0.25) is 0 Å². The van der Waals surface area contributed by atoms with Gasteiger partial charge in [-0.3, -0.25) is 0 Å². The summed E-state index contributed by atoms with van der Waals surface area (Å²) >= 11 is 6.18. The van der Waals surface area contributed by atoms with Gasteiger partial charge < -0.3 is 5.32 Å². The van der Waals surface area contributed by atoms with Crippen molar-refractivity contribution in [2.24, 2.45) is 5.92 Å². The third kappa shape index (κ3) is 3.17. The molecule has 2 nitrogen and oxygen atoms in total. The van der Waals surface area contributed by atoms with Crippen molar-refractivity contribution < 1.29 is 0 Å². The molecule has 1 fully saturated rings. The van der Waals surface area contributed by atoms with Crippen molar-refractivity contribution in [3.8, 4) is 6.07 Å². The monoisotopic (exact) mass is 262 g/mol. The number of nitriles is 1. The summed E-state index contributed by atoms with van der Waals surface area (Å²) < 4.78 is 0. The van der Waals surface area contributed by atoms with Crippen molar-refractivity contribution in [3.63, 3.8) is 0 Å². The maximum atomic E-state index is 8.81. The maximum Gasteiger partial charge on any atom is 0.0992 e. The molecule has 0 aliphatic heterocycles. The summed E-state index contributed by atoms with van der Waals surface area (Å²) in [5, 5.41) is 12.9. The van der Waals surface area contributed by atoms with Crippen LogP contribution in [0.15, 0.2) is 18.2 Å². The van der Waals surface area contributed by atoms with E-state index in [-0.39, 0.29) is 0 Å². The molecule has 96 valence electrons. The molecule has 1 aromatic rings. The summed E-state index contributed by atoms with van der Waals surface area (Å²) in [6.45, 7) is 2.23. The lowest BCUT2D eigenvalue weighted by atomic mass is 9.84. The fraction of sp³-hybridized carbons (Fsp3) is 0.533. The molecule has 0 aromatic heterocycles. The van der Waals surface area contributed by atoms with Gasteiger partial charge in [-0.05, 0) is 43.9 Å². The lowest BCUT2D eigenvalue weighted by Crippen LogP contribution is -2.27. The van der Waals surface area contributed by atoms with Crippen molar-refractivity contribution in [1.82, 2.24) is 0 Å². The number of benzene rings is 1. The first-order valence-electron chi connectivity index (χ1n) is 6.67. The molecular weight excluding hydrogens is 244 g/mol. The van der Waals surface area contributed by atoms with Crippen molar-refractivity contribution in [1.29, 1.82) is 5.26 Å². The molecule has 0 radical (unpaired) electrons. The van der Waals surface area contributed by atoms with E-state index < -0.39 is 0 Å². The Morgan fingerprint density at radius 2 is 2.06 bits per heavy atom. The van der Waals surface area contributed by atoms with E-state index in [0.717, 1.165) is 11.6 Å². The second kappa shape index (κ2) is 6.11. The van der Waals surface area contributed by atoms with Gasteiger partial charge in [0, 0.05) is 6.04 Å². The first kappa shape index (κ1) is 13.2. The van der Waals surface area contributed by atoms with Crippen LogP contribution in [0, 0.1) is 17.2 Å². The van der Waals surface area contributed by atoms with Gasteiger partial charge in [-0.15, -0.1) is 0 Å². The predicted octanol–water partition coefficient (Wildman–Crippen LogP) is 4.59. The van der Waals surface area contributed by atoms with Crippen LogP contribution in [0.25, 0.3) is 0 Å². The topological polar surface area (TPSA) is 35.8 Å². The zero-order chi connectivity index (χ0) is 13.0. The minimum absolute atomic E-state index is 0.440. The first-order valence-corrected chi connectivity index (χ1v) is 7.04. The third-order valence-corrected chi connectivity index (χ3v) is 4.15. The summed E-state index contributed by atoms with van der Waals surface area (Å²) in [5.41, 5.74) is 1.55. The fourth-order valence-corrected chi connectivity index (χ4v) is 2.93. The van der Waals surface area contributed by atoms with E-state index in [1.807, 2.05) is 12.1 Å². The minimum atomic E-state index is 0.440. The Morgan fingerprint density at radius 3 is 2.67 bits per heavy atom.